The standard InChI is InChI=1S/C33H38N2O2/c1-32-19-16-28-26(13-15-29-33(28,2)20-17-30(36)35-29)27(32)14-12-25(32)18-21-34-31(37)24-10-8-23(9-11-24)22-6-4-3-5-7-22/h3-11,17-18,20-21,25-29H,12-16,19H2,1-2H3,(H,34,37)(H,35,36)/b21-18+/t25-,26+,27+,28+,29?,32-,33-/m1/s1. The predicted octanol–water partition coefficient (Wildman–Crippen LogP) is 6.51. The van der Waals surface area contributed by atoms with Gasteiger partial charge in [0.2, 0.25) is 5.91 Å². The van der Waals surface area contributed by atoms with Crippen molar-refractivity contribution < 1.29 is 9.59 Å². The van der Waals surface area contributed by atoms with Crippen molar-refractivity contribution in [2.24, 2.45) is 34.5 Å². The van der Waals surface area contributed by atoms with E-state index in [1.54, 1.807) is 6.08 Å². The third-order valence-corrected chi connectivity index (χ3v) is 10.6. The summed E-state index contributed by atoms with van der Waals surface area (Å²) in [6, 6.07) is 18.3. The zero-order valence-electron chi connectivity index (χ0n) is 22.0. The van der Waals surface area contributed by atoms with Gasteiger partial charge in [0.1, 0.15) is 0 Å². The van der Waals surface area contributed by atoms with Crippen LogP contribution in [0.1, 0.15) is 62.7 Å². The van der Waals surface area contributed by atoms with E-state index in [9.17, 15) is 9.59 Å². The van der Waals surface area contributed by atoms with Crippen molar-refractivity contribution in [3.63, 3.8) is 0 Å². The van der Waals surface area contributed by atoms with Gasteiger partial charge < -0.3 is 10.6 Å². The molecule has 0 aromatic heterocycles. The molecular weight excluding hydrogens is 456 g/mol. The summed E-state index contributed by atoms with van der Waals surface area (Å²) in [6.45, 7) is 4.87. The highest BCUT2D eigenvalue weighted by molar-refractivity contribution is 5.95. The number of hydrogen-bond donors (Lipinski definition) is 2. The van der Waals surface area contributed by atoms with Crippen LogP contribution in [-0.4, -0.2) is 17.9 Å². The quantitative estimate of drug-likeness (QED) is 0.509. The third-order valence-electron chi connectivity index (χ3n) is 10.6. The number of nitrogens with one attached hydrogen (secondary N) is 2. The summed E-state index contributed by atoms with van der Waals surface area (Å²) in [7, 11) is 0. The Hall–Kier alpha value is -3.14. The SMILES string of the molecule is C[C@]12CC[C@H]3[C@@H](CCC4NC(=O)C=C[C@@]43C)[C@@H]1CC[C@@H]2/C=C/NC(=O)c1ccc(-c2ccccc2)cc1. The predicted molar refractivity (Wildman–Crippen MR) is 147 cm³/mol. The summed E-state index contributed by atoms with van der Waals surface area (Å²) >= 11 is 0. The molecule has 4 aliphatic rings. The molecule has 2 N–H and O–H groups in total. The van der Waals surface area contributed by atoms with E-state index in [0.717, 1.165) is 23.5 Å². The second kappa shape index (κ2) is 9.31. The van der Waals surface area contributed by atoms with Crippen LogP contribution in [0.4, 0.5) is 0 Å². The van der Waals surface area contributed by atoms with E-state index in [0.29, 0.717) is 23.3 Å². The summed E-state index contributed by atoms with van der Waals surface area (Å²) in [5, 5.41) is 6.29. The number of allylic oxidation sites excluding steroid dienone is 1. The van der Waals surface area contributed by atoms with Crippen LogP contribution < -0.4 is 10.6 Å². The molecule has 1 unspecified atom stereocenters. The van der Waals surface area contributed by atoms with Crippen LogP contribution in [0.15, 0.2) is 79.0 Å². The molecule has 0 radical (unpaired) electrons. The van der Waals surface area contributed by atoms with Crippen LogP contribution in [0.2, 0.25) is 0 Å². The second-order valence-corrected chi connectivity index (χ2v) is 12.2. The smallest absolute Gasteiger partial charge is 0.255 e. The van der Waals surface area contributed by atoms with Crippen molar-refractivity contribution in [2.75, 3.05) is 0 Å². The minimum atomic E-state index is -0.0587. The first kappa shape index (κ1) is 24.2. The van der Waals surface area contributed by atoms with Gasteiger partial charge in [-0.25, -0.2) is 0 Å². The van der Waals surface area contributed by atoms with Gasteiger partial charge in [-0.1, -0.05) is 68.5 Å². The number of fused-ring (bicyclic) bond motifs is 5. The summed E-state index contributed by atoms with van der Waals surface area (Å²) in [6.07, 6.45) is 15.3. The molecule has 4 nitrogen and oxygen atoms in total. The Morgan fingerprint density at radius 1 is 0.919 bits per heavy atom. The highest BCUT2D eigenvalue weighted by Gasteiger charge is 2.59. The van der Waals surface area contributed by atoms with Crippen molar-refractivity contribution in [3.05, 3.63) is 84.6 Å². The van der Waals surface area contributed by atoms with Gasteiger partial charge in [-0.05, 0) is 96.9 Å². The van der Waals surface area contributed by atoms with E-state index in [-0.39, 0.29) is 28.7 Å². The molecule has 3 saturated carbocycles. The summed E-state index contributed by atoms with van der Waals surface area (Å²) in [5.41, 5.74) is 3.31. The Morgan fingerprint density at radius 2 is 1.68 bits per heavy atom. The zero-order chi connectivity index (χ0) is 25.6. The molecule has 0 bridgehead atoms. The fourth-order valence-corrected chi connectivity index (χ4v) is 8.46. The lowest BCUT2D eigenvalue weighted by Gasteiger charge is -2.58. The number of benzene rings is 2. The highest BCUT2D eigenvalue weighted by Crippen LogP contribution is 2.65. The molecular formula is C33H38N2O2. The Morgan fingerprint density at radius 3 is 2.46 bits per heavy atom. The lowest BCUT2D eigenvalue weighted by atomic mass is 9.48. The number of carbonyl (C=O) groups is 2. The van der Waals surface area contributed by atoms with Crippen molar-refractivity contribution >= 4 is 11.8 Å². The van der Waals surface area contributed by atoms with Crippen LogP contribution >= 0.6 is 0 Å². The molecule has 3 aliphatic carbocycles. The molecule has 6 rings (SSSR count). The highest BCUT2D eigenvalue weighted by atomic mass is 16.2. The van der Waals surface area contributed by atoms with Crippen molar-refractivity contribution in [3.8, 4) is 11.1 Å². The van der Waals surface area contributed by atoms with E-state index >= 15 is 0 Å². The maximum atomic E-state index is 12.8. The maximum Gasteiger partial charge on any atom is 0.255 e. The average Bonchev–Trinajstić information content (AvgIpc) is 3.26. The van der Waals surface area contributed by atoms with Crippen LogP contribution in [0.3, 0.4) is 0 Å². The van der Waals surface area contributed by atoms with Gasteiger partial charge in [0.15, 0.2) is 0 Å². The van der Waals surface area contributed by atoms with Crippen LogP contribution in [0.25, 0.3) is 11.1 Å². The van der Waals surface area contributed by atoms with Gasteiger partial charge >= 0.3 is 0 Å². The van der Waals surface area contributed by atoms with Crippen LogP contribution in [0.5, 0.6) is 0 Å². The van der Waals surface area contributed by atoms with Crippen molar-refractivity contribution in [1.82, 2.24) is 10.6 Å². The first-order chi connectivity index (χ1) is 17.9. The fourth-order valence-electron chi connectivity index (χ4n) is 8.46. The molecule has 37 heavy (non-hydrogen) atoms. The van der Waals surface area contributed by atoms with E-state index in [2.05, 4.69) is 48.8 Å². The Kier molecular flexibility index (Phi) is 6.09. The van der Waals surface area contributed by atoms with E-state index in [1.807, 2.05) is 48.7 Å². The molecule has 1 heterocycles. The van der Waals surface area contributed by atoms with Gasteiger partial charge in [0.25, 0.3) is 5.91 Å². The number of rotatable bonds is 4. The van der Waals surface area contributed by atoms with Gasteiger partial charge in [0, 0.05) is 23.2 Å². The Labute approximate surface area is 220 Å². The summed E-state index contributed by atoms with van der Waals surface area (Å²) < 4.78 is 0. The lowest BCUT2D eigenvalue weighted by molar-refractivity contribution is -0.122. The zero-order valence-corrected chi connectivity index (χ0v) is 22.0. The molecule has 0 saturated heterocycles. The molecule has 2 aromatic rings. The molecule has 3 fully saturated rings. The maximum absolute atomic E-state index is 12.8. The van der Waals surface area contributed by atoms with E-state index < -0.39 is 0 Å². The topological polar surface area (TPSA) is 58.2 Å². The number of carbonyl (C=O) groups excluding carboxylic acids is 2. The molecule has 2 amide bonds. The molecule has 2 aromatic carbocycles. The average molecular weight is 495 g/mol. The Balaban J connectivity index is 1.11. The van der Waals surface area contributed by atoms with Crippen molar-refractivity contribution in [1.29, 1.82) is 0 Å². The minimum absolute atomic E-state index is 0.0587. The molecule has 0 spiro atoms. The van der Waals surface area contributed by atoms with Crippen LogP contribution in [-0.2, 0) is 4.79 Å². The first-order valence-electron chi connectivity index (χ1n) is 14.0. The lowest BCUT2D eigenvalue weighted by Crippen LogP contribution is -2.59. The van der Waals surface area contributed by atoms with Gasteiger partial charge in [0.05, 0.1) is 0 Å². The van der Waals surface area contributed by atoms with E-state index in [4.69, 9.17) is 0 Å². The second-order valence-electron chi connectivity index (χ2n) is 12.2. The largest absolute Gasteiger partial charge is 0.349 e. The van der Waals surface area contributed by atoms with Gasteiger partial charge in [-0.2, -0.15) is 0 Å². The first-order valence-corrected chi connectivity index (χ1v) is 14.0. The number of hydrogen-bond acceptors (Lipinski definition) is 2. The van der Waals surface area contributed by atoms with Gasteiger partial charge in [-0.3, -0.25) is 9.59 Å². The number of amides is 2. The normalized spacial score (nSPS) is 36.4. The molecule has 192 valence electrons. The molecule has 1 aliphatic heterocycles. The van der Waals surface area contributed by atoms with Crippen LogP contribution in [0, 0.1) is 34.5 Å². The van der Waals surface area contributed by atoms with Crippen molar-refractivity contribution in [2.45, 2.75) is 58.4 Å². The van der Waals surface area contributed by atoms with Gasteiger partial charge in [-0.15, -0.1) is 0 Å². The monoisotopic (exact) mass is 494 g/mol. The Bertz CT molecular complexity index is 1230. The summed E-state index contributed by atoms with van der Waals surface area (Å²) in [4.78, 5) is 24.8. The minimum Gasteiger partial charge on any atom is -0.349 e. The van der Waals surface area contributed by atoms with E-state index in [1.165, 1.54) is 32.1 Å². The fraction of sp³-hybridized carbons (Fsp3) is 0.455. The third kappa shape index (κ3) is 4.15. The summed E-state index contributed by atoms with van der Waals surface area (Å²) in [5.74, 6) is 2.58. The molecule has 7 atom stereocenters. The molecule has 4 heteroatoms.